The van der Waals surface area contributed by atoms with Gasteiger partial charge in [0, 0.05) is 25.2 Å². The van der Waals surface area contributed by atoms with Crippen molar-refractivity contribution in [3.63, 3.8) is 0 Å². The number of nitrogens with two attached hydrogens (primary N) is 1. The molecule has 0 unspecified atom stereocenters. The maximum absolute atomic E-state index is 6.11. The van der Waals surface area contributed by atoms with Crippen LogP contribution in [-0.2, 0) is 10.2 Å². The van der Waals surface area contributed by atoms with E-state index in [4.69, 9.17) is 15.2 Å². The second-order valence-corrected chi connectivity index (χ2v) is 6.18. The maximum atomic E-state index is 6.11. The monoisotopic (exact) mass is 261 g/mol. The number of hydrogen-bond acceptors (Lipinski definition) is 3. The molecule has 3 heteroatoms. The average molecular weight is 261 g/mol. The fraction of sp³-hybridized carbons (Fsp3) is 0.625. The van der Waals surface area contributed by atoms with Gasteiger partial charge in [-0.25, -0.2) is 0 Å². The largest absolute Gasteiger partial charge is 0.497 e. The van der Waals surface area contributed by atoms with E-state index in [1.165, 1.54) is 31.2 Å². The van der Waals surface area contributed by atoms with Crippen LogP contribution in [0.4, 0.5) is 0 Å². The highest BCUT2D eigenvalue weighted by Crippen LogP contribution is 2.59. The lowest BCUT2D eigenvalue weighted by Crippen LogP contribution is -2.55. The van der Waals surface area contributed by atoms with Crippen molar-refractivity contribution < 1.29 is 9.47 Å². The van der Waals surface area contributed by atoms with Gasteiger partial charge in [-0.2, -0.15) is 0 Å². The number of benzene rings is 1. The van der Waals surface area contributed by atoms with Gasteiger partial charge >= 0.3 is 0 Å². The van der Waals surface area contributed by atoms with Crippen LogP contribution in [0.1, 0.15) is 31.2 Å². The lowest BCUT2D eigenvalue weighted by Gasteiger charge is -2.58. The van der Waals surface area contributed by atoms with Crippen molar-refractivity contribution in [2.45, 2.75) is 31.1 Å². The number of hydrogen-bond donors (Lipinski definition) is 1. The molecule has 0 atom stereocenters. The molecular formula is C16H23NO2. The smallest absolute Gasteiger partial charge is 0.119 e. The minimum atomic E-state index is 0.159. The minimum Gasteiger partial charge on any atom is -0.497 e. The van der Waals surface area contributed by atoms with Gasteiger partial charge in [-0.1, -0.05) is 12.1 Å². The molecule has 19 heavy (non-hydrogen) atoms. The first-order chi connectivity index (χ1) is 9.22. The Bertz CT molecular complexity index is 444. The summed E-state index contributed by atoms with van der Waals surface area (Å²) >= 11 is 0. The Morgan fingerprint density at radius 3 is 2.63 bits per heavy atom. The van der Waals surface area contributed by atoms with Crippen LogP contribution < -0.4 is 10.5 Å². The van der Waals surface area contributed by atoms with E-state index in [1.54, 1.807) is 7.11 Å². The molecule has 104 valence electrons. The Hall–Kier alpha value is -1.06. The summed E-state index contributed by atoms with van der Waals surface area (Å²) in [5.41, 5.74) is 8.10. The van der Waals surface area contributed by atoms with Gasteiger partial charge in [-0.3, -0.25) is 0 Å². The highest BCUT2D eigenvalue weighted by Gasteiger charge is 2.54. The Morgan fingerprint density at radius 2 is 2.00 bits per heavy atom. The van der Waals surface area contributed by atoms with Gasteiger partial charge < -0.3 is 15.2 Å². The van der Waals surface area contributed by atoms with E-state index in [1.807, 2.05) is 6.07 Å². The Kier molecular flexibility index (Phi) is 3.27. The van der Waals surface area contributed by atoms with Crippen LogP contribution in [0.15, 0.2) is 24.3 Å². The molecule has 0 aromatic heterocycles. The zero-order chi connectivity index (χ0) is 13.3. The van der Waals surface area contributed by atoms with Gasteiger partial charge in [0.15, 0.2) is 0 Å². The summed E-state index contributed by atoms with van der Waals surface area (Å²) in [6.45, 7) is 2.56. The molecule has 0 radical (unpaired) electrons. The summed E-state index contributed by atoms with van der Waals surface area (Å²) in [7, 11) is 1.72. The van der Waals surface area contributed by atoms with Crippen LogP contribution in [0.3, 0.4) is 0 Å². The van der Waals surface area contributed by atoms with Crippen LogP contribution >= 0.6 is 0 Å². The van der Waals surface area contributed by atoms with E-state index in [0.717, 1.165) is 25.5 Å². The maximum Gasteiger partial charge on any atom is 0.119 e. The molecule has 1 aliphatic carbocycles. The van der Waals surface area contributed by atoms with Gasteiger partial charge in [0.2, 0.25) is 0 Å². The fourth-order valence-electron chi connectivity index (χ4n) is 3.96. The van der Waals surface area contributed by atoms with Gasteiger partial charge in [0.05, 0.1) is 7.11 Å². The Labute approximate surface area is 115 Å². The lowest BCUT2D eigenvalue weighted by atomic mass is 9.48. The molecule has 3 nitrogen and oxygen atoms in total. The van der Waals surface area contributed by atoms with Crippen molar-refractivity contribution >= 4 is 0 Å². The third-order valence-electron chi connectivity index (χ3n) is 5.05. The topological polar surface area (TPSA) is 44.5 Å². The first-order valence-electron chi connectivity index (χ1n) is 7.14. The summed E-state index contributed by atoms with van der Waals surface area (Å²) in [6.07, 6.45) is 4.79. The summed E-state index contributed by atoms with van der Waals surface area (Å²) in [5.74, 6) is 0.929. The molecular weight excluding hydrogens is 238 g/mol. The van der Waals surface area contributed by atoms with E-state index >= 15 is 0 Å². The predicted molar refractivity (Wildman–Crippen MR) is 75.4 cm³/mol. The Morgan fingerprint density at radius 1 is 1.26 bits per heavy atom. The van der Waals surface area contributed by atoms with Crippen molar-refractivity contribution in [2.24, 2.45) is 11.1 Å². The van der Waals surface area contributed by atoms with E-state index in [0.29, 0.717) is 5.41 Å². The standard InChI is InChI=1S/C16H23NO2/c1-18-14-4-2-3-13(9-14)16(12-17)10-15(11-16)5-7-19-8-6-15/h2-4,9H,5-8,10-12,17H2,1H3. The first-order valence-corrected chi connectivity index (χ1v) is 7.14. The van der Waals surface area contributed by atoms with Gasteiger partial charge in [-0.15, -0.1) is 0 Å². The zero-order valence-electron chi connectivity index (χ0n) is 11.7. The quantitative estimate of drug-likeness (QED) is 0.909. The van der Waals surface area contributed by atoms with Gasteiger partial charge in [0.25, 0.3) is 0 Å². The molecule has 1 aliphatic heterocycles. The number of methoxy groups -OCH3 is 1. The van der Waals surface area contributed by atoms with Crippen LogP contribution in [0.2, 0.25) is 0 Å². The van der Waals surface area contributed by atoms with Crippen LogP contribution in [0, 0.1) is 5.41 Å². The minimum absolute atomic E-state index is 0.159. The molecule has 3 rings (SSSR count). The van der Waals surface area contributed by atoms with Crippen molar-refractivity contribution in [3.05, 3.63) is 29.8 Å². The number of ether oxygens (including phenoxy) is 2. The van der Waals surface area contributed by atoms with E-state index in [9.17, 15) is 0 Å². The molecule has 2 fully saturated rings. The van der Waals surface area contributed by atoms with Crippen molar-refractivity contribution in [1.29, 1.82) is 0 Å². The van der Waals surface area contributed by atoms with Crippen LogP contribution in [0.5, 0.6) is 5.75 Å². The van der Waals surface area contributed by atoms with Gasteiger partial charge in [0.1, 0.15) is 5.75 Å². The van der Waals surface area contributed by atoms with Crippen molar-refractivity contribution in [3.8, 4) is 5.75 Å². The fourth-order valence-corrected chi connectivity index (χ4v) is 3.96. The summed E-state index contributed by atoms with van der Waals surface area (Å²) in [5, 5.41) is 0. The third kappa shape index (κ3) is 2.15. The van der Waals surface area contributed by atoms with Crippen LogP contribution in [0.25, 0.3) is 0 Å². The molecule has 0 bridgehead atoms. The highest BCUT2D eigenvalue weighted by molar-refractivity contribution is 5.37. The summed E-state index contributed by atoms with van der Waals surface area (Å²) in [4.78, 5) is 0. The van der Waals surface area contributed by atoms with Crippen LogP contribution in [-0.4, -0.2) is 26.9 Å². The molecule has 2 aliphatic rings. The predicted octanol–water partition coefficient (Wildman–Crippen LogP) is 2.48. The second-order valence-electron chi connectivity index (χ2n) is 6.18. The summed E-state index contributed by atoms with van der Waals surface area (Å²) < 4.78 is 10.8. The molecule has 1 heterocycles. The zero-order valence-corrected chi connectivity index (χ0v) is 11.7. The first kappa shape index (κ1) is 12.9. The SMILES string of the molecule is COc1cccc(C2(CN)CC3(CCOCC3)C2)c1. The van der Waals surface area contributed by atoms with E-state index in [2.05, 4.69) is 18.2 Å². The summed E-state index contributed by atoms with van der Waals surface area (Å²) in [6, 6.07) is 8.41. The highest BCUT2D eigenvalue weighted by atomic mass is 16.5. The lowest BCUT2D eigenvalue weighted by molar-refractivity contribution is -0.0715. The number of rotatable bonds is 3. The average Bonchev–Trinajstić information content (AvgIpc) is 2.45. The third-order valence-corrected chi connectivity index (χ3v) is 5.05. The normalized spacial score (nSPS) is 23.9. The molecule has 1 aromatic carbocycles. The van der Waals surface area contributed by atoms with Crippen molar-refractivity contribution in [1.82, 2.24) is 0 Å². The molecule has 0 amide bonds. The van der Waals surface area contributed by atoms with Gasteiger partial charge in [-0.05, 0) is 48.8 Å². The van der Waals surface area contributed by atoms with E-state index in [-0.39, 0.29) is 5.41 Å². The molecule has 1 spiro atoms. The Balaban J connectivity index is 1.81. The molecule has 2 N–H and O–H groups in total. The molecule has 1 saturated carbocycles. The molecule has 1 aromatic rings. The second kappa shape index (κ2) is 4.80. The van der Waals surface area contributed by atoms with Crippen molar-refractivity contribution in [2.75, 3.05) is 26.9 Å². The van der Waals surface area contributed by atoms with E-state index < -0.39 is 0 Å². The molecule has 1 saturated heterocycles.